The van der Waals surface area contributed by atoms with Gasteiger partial charge in [-0.25, -0.2) is 8.42 Å². The van der Waals surface area contributed by atoms with Gasteiger partial charge in [-0.3, -0.25) is 4.90 Å². The van der Waals surface area contributed by atoms with Crippen molar-refractivity contribution < 1.29 is 13.5 Å². The highest BCUT2D eigenvalue weighted by Crippen LogP contribution is 2.45. The molecule has 0 radical (unpaired) electrons. The lowest BCUT2D eigenvalue weighted by Crippen LogP contribution is -2.53. The number of sulfone groups is 1. The Hall–Kier alpha value is -0.130. The van der Waals surface area contributed by atoms with Gasteiger partial charge in [0.1, 0.15) is 9.84 Å². The van der Waals surface area contributed by atoms with E-state index in [1.165, 1.54) is 19.1 Å². The van der Waals surface area contributed by atoms with Crippen molar-refractivity contribution in [1.82, 2.24) is 4.90 Å². The van der Waals surface area contributed by atoms with E-state index in [-0.39, 0.29) is 17.2 Å². The summed E-state index contributed by atoms with van der Waals surface area (Å²) in [6.07, 6.45) is 9.08. The molecule has 3 fully saturated rings. The quantitative estimate of drug-likeness (QED) is 0.841. The van der Waals surface area contributed by atoms with Gasteiger partial charge < -0.3 is 5.11 Å². The average molecular weight is 301 g/mol. The summed E-state index contributed by atoms with van der Waals surface area (Å²) in [5.74, 6) is 0.170. The Kier molecular flexibility index (Phi) is 3.89. The highest BCUT2D eigenvalue weighted by molar-refractivity contribution is 7.91. The fourth-order valence-corrected chi connectivity index (χ4v) is 5.95. The molecule has 0 aromatic heterocycles. The Labute approximate surface area is 122 Å². The van der Waals surface area contributed by atoms with E-state index >= 15 is 0 Å². The second kappa shape index (κ2) is 5.25. The van der Waals surface area contributed by atoms with Crippen LogP contribution in [0, 0.1) is 5.92 Å². The highest BCUT2D eigenvalue weighted by Gasteiger charge is 2.52. The Bertz CT molecular complexity index is 464. The summed E-state index contributed by atoms with van der Waals surface area (Å²) in [7, 11) is -2.97. The maximum Gasteiger partial charge on any atom is 0.150 e. The molecule has 0 spiro atoms. The molecule has 4 atom stereocenters. The number of hydrogen-bond donors (Lipinski definition) is 1. The molecule has 4 nitrogen and oxygen atoms in total. The maximum atomic E-state index is 11.8. The van der Waals surface area contributed by atoms with E-state index in [1.807, 2.05) is 0 Å². The van der Waals surface area contributed by atoms with Gasteiger partial charge in [0.25, 0.3) is 0 Å². The van der Waals surface area contributed by atoms with Gasteiger partial charge in [0, 0.05) is 18.8 Å². The van der Waals surface area contributed by atoms with Crippen LogP contribution in [0.1, 0.15) is 51.4 Å². The minimum absolute atomic E-state index is 0.170. The van der Waals surface area contributed by atoms with Gasteiger partial charge in [-0.15, -0.1) is 0 Å². The Morgan fingerprint density at radius 1 is 1.10 bits per heavy atom. The van der Waals surface area contributed by atoms with E-state index in [2.05, 4.69) is 4.90 Å². The third-order valence-electron chi connectivity index (χ3n) is 5.93. The molecule has 1 saturated carbocycles. The van der Waals surface area contributed by atoms with Crippen LogP contribution in [0.25, 0.3) is 0 Å². The number of fused-ring (bicyclic) bond motifs is 1. The number of hydrogen-bond acceptors (Lipinski definition) is 4. The summed E-state index contributed by atoms with van der Waals surface area (Å²) in [6, 6.07) is 0.277. The second-order valence-electron chi connectivity index (χ2n) is 7.10. The Morgan fingerprint density at radius 3 is 2.65 bits per heavy atom. The predicted molar refractivity (Wildman–Crippen MR) is 79.4 cm³/mol. The first kappa shape index (κ1) is 14.8. The molecule has 2 heterocycles. The average Bonchev–Trinajstić information content (AvgIpc) is 2.78. The van der Waals surface area contributed by atoms with Gasteiger partial charge in [0.15, 0.2) is 0 Å². The van der Waals surface area contributed by atoms with Crippen LogP contribution >= 0.6 is 0 Å². The van der Waals surface area contributed by atoms with E-state index in [4.69, 9.17) is 0 Å². The van der Waals surface area contributed by atoms with Crippen molar-refractivity contribution >= 4 is 9.84 Å². The van der Waals surface area contributed by atoms with Gasteiger partial charge >= 0.3 is 0 Å². The van der Waals surface area contributed by atoms with Crippen molar-refractivity contribution in [3.63, 3.8) is 0 Å². The van der Waals surface area contributed by atoms with Crippen molar-refractivity contribution in [3.05, 3.63) is 0 Å². The first-order valence-corrected chi connectivity index (χ1v) is 10.0. The van der Waals surface area contributed by atoms with Crippen LogP contribution in [0.3, 0.4) is 0 Å². The Morgan fingerprint density at radius 2 is 1.90 bits per heavy atom. The summed E-state index contributed by atoms with van der Waals surface area (Å²) in [5, 5.41) is 11.0. The van der Waals surface area contributed by atoms with Gasteiger partial charge in [-0.2, -0.15) is 0 Å². The van der Waals surface area contributed by atoms with Crippen LogP contribution < -0.4 is 0 Å². The number of piperidine rings is 1. The molecule has 3 aliphatic rings. The summed E-state index contributed by atoms with van der Waals surface area (Å²) in [6.45, 7) is 2.09. The SMILES string of the molecule is CS(=O)(=O)C1CCCC(C2(O)CCN3CCCCC32)C1. The largest absolute Gasteiger partial charge is 0.388 e. The first-order chi connectivity index (χ1) is 9.41. The second-order valence-corrected chi connectivity index (χ2v) is 9.43. The van der Waals surface area contributed by atoms with Crippen LogP contribution in [0.15, 0.2) is 0 Å². The molecule has 0 aromatic carbocycles. The lowest BCUT2D eigenvalue weighted by Gasteiger charge is -2.44. The summed E-state index contributed by atoms with van der Waals surface area (Å²) in [4.78, 5) is 2.44. The first-order valence-electron chi connectivity index (χ1n) is 8.06. The van der Waals surface area contributed by atoms with Crippen molar-refractivity contribution in [3.8, 4) is 0 Å². The molecule has 1 N–H and O–H groups in total. The molecule has 3 rings (SSSR count). The fourth-order valence-electron chi connectivity index (χ4n) is 4.78. The van der Waals surface area contributed by atoms with E-state index < -0.39 is 15.4 Å². The highest BCUT2D eigenvalue weighted by atomic mass is 32.2. The van der Waals surface area contributed by atoms with Gasteiger partial charge in [0.05, 0.1) is 10.9 Å². The van der Waals surface area contributed by atoms with Crippen LogP contribution in [0.2, 0.25) is 0 Å². The maximum absolute atomic E-state index is 11.8. The molecular weight excluding hydrogens is 274 g/mol. The molecule has 4 unspecified atom stereocenters. The number of nitrogens with zero attached hydrogens (tertiary/aromatic N) is 1. The van der Waals surface area contributed by atoms with Gasteiger partial charge in [0.2, 0.25) is 0 Å². The minimum atomic E-state index is -2.97. The third-order valence-corrected chi connectivity index (χ3v) is 7.57. The topological polar surface area (TPSA) is 57.6 Å². The van der Waals surface area contributed by atoms with Crippen LogP contribution in [0.5, 0.6) is 0 Å². The standard InChI is InChI=1S/C15H27NO3S/c1-20(18,19)13-6-4-5-12(11-13)15(17)8-10-16-9-3-2-7-14(15)16/h12-14,17H,2-11H2,1H3. The van der Waals surface area contributed by atoms with Crippen molar-refractivity contribution in [2.75, 3.05) is 19.3 Å². The molecule has 0 aromatic rings. The summed E-state index contributed by atoms with van der Waals surface area (Å²) >= 11 is 0. The molecule has 20 heavy (non-hydrogen) atoms. The minimum Gasteiger partial charge on any atom is -0.388 e. The van der Waals surface area contributed by atoms with E-state index in [0.717, 1.165) is 45.2 Å². The Balaban J connectivity index is 1.77. The lowest BCUT2D eigenvalue weighted by molar-refractivity contribution is -0.0667. The predicted octanol–water partition coefficient (Wildman–Crippen LogP) is 1.58. The van der Waals surface area contributed by atoms with Crippen LogP contribution in [0.4, 0.5) is 0 Å². The zero-order valence-electron chi connectivity index (χ0n) is 12.4. The molecule has 116 valence electrons. The lowest BCUT2D eigenvalue weighted by atomic mass is 9.71. The van der Waals surface area contributed by atoms with Crippen molar-refractivity contribution in [2.45, 2.75) is 68.3 Å². The van der Waals surface area contributed by atoms with Gasteiger partial charge in [-0.05, 0) is 51.0 Å². The molecular formula is C15H27NO3S. The monoisotopic (exact) mass is 301 g/mol. The molecule has 1 aliphatic carbocycles. The van der Waals surface area contributed by atoms with E-state index in [0.29, 0.717) is 6.42 Å². The number of aliphatic hydroxyl groups is 1. The molecule has 2 saturated heterocycles. The summed E-state index contributed by atoms with van der Waals surface area (Å²) < 4.78 is 23.7. The van der Waals surface area contributed by atoms with Crippen LogP contribution in [-0.2, 0) is 9.84 Å². The number of rotatable bonds is 2. The molecule has 0 amide bonds. The third kappa shape index (κ3) is 2.53. The summed E-state index contributed by atoms with van der Waals surface area (Å²) in [5.41, 5.74) is -0.635. The van der Waals surface area contributed by atoms with Crippen molar-refractivity contribution in [2.24, 2.45) is 5.92 Å². The molecule has 2 aliphatic heterocycles. The normalized spacial score (nSPS) is 43.4. The van der Waals surface area contributed by atoms with Gasteiger partial charge in [-0.1, -0.05) is 12.8 Å². The molecule has 0 bridgehead atoms. The van der Waals surface area contributed by atoms with E-state index in [9.17, 15) is 13.5 Å². The fraction of sp³-hybridized carbons (Fsp3) is 1.00. The zero-order chi connectivity index (χ0) is 14.4. The molecule has 5 heteroatoms. The van der Waals surface area contributed by atoms with Crippen LogP contribution in [-0.4, -0.2) is 54.7 Å². The zero-order valence-corrected chi connectivity index (χ0v) is 13.2. The smallest absolute Gasteiger partial charge is 0.150 e. The van der Waals surface area contributed by atoms with Crippen molar-refractivity contribution in [1.29, 1.82) is 0 Å². The van der Waals surface area contributed by atoms with E-state index in [1.54, 1.807) is 0 Å².